The Bertz CT molecular complexity index is 899. The Morgan fingerprint density at radius 2 is 2.07 bits per heavy atom. The molecule has 12 heteroatoms. The first kappa shape index (κ1) is 22.9. The number of alkyl halides is 3. The molecule has 0 saturated heterocycles. The second-order valence-corrected chi connectivity index (χ2v) is 7.26. The van der Waals surface area contributed by atoms with E-state index in [2.05, 4.69) is 15.4 Å². The lowest BCUT2D eigenvalue weighted by Crippen LogP contribution is -2.23. The number of pyridine rings is 1. The fraction of sp³-hybridized carbons (Fsp3) is 0.471. The fourth-order valence-corrected chi connectivity index (χ4v) is 3.42. The van der Waals surface area contributed by atoms with Crippen LogP contribution in [-0.2, 0) is 25.6 Å². The molecule has 0 aromatic carbocycles. The Morgan fingerprint density at radius 3 is 2.52 bits per heavy atom. The number of hydrogen-bond acceptors (Lipinski definition) is 5. The quantitative estimate of drug-likeness (QED) is 0.504. The lowest BCUT2D eigenvalue weighted by Gasteiger charge is -2.17. The maximum absolute atomic E-state index is 12.9. The highest BCUT2D eigenvalue weighted by molar-refractivity contribution is 7.97. The Hall–Kier alpha value is -2.34. The van der Waals surface area contributed by atoms with Gasteiger partial charge in [-0.05, 0) is 50.1 Å². The molecule has 1 unspecified atom stereocenters. The minimum absolute atomic E-state index is 0.0841. The van der Waals surface area contributed by atoms with E-state index in [-0.39, 0.29) is 28.0 Å². The number of carbonyl (C=O) groups is 1. The van der Waals surface area contributed by atoms with Crippen molar-refractivity contribution >= 4 is 23.7 Å². The molecule has 2 amide bonds. The minimum atomic E-state index is -4.54. The second kappa shape index (κ2) is 8.99. The molecule has 0 aliphatic heterocycles. The number of fused-ring (bicyclic) bond motifs is 1. The van der Waals surface area contributed by atoms with E-state index in [0.717, 1.165) is 11.9 Å². The van der Waals surface area contributed by atoms with E-state index < -0.39 is 17.9 Å². The van der Waals surface area contributed by atoms with Crippen molar-refractivity contribution in [3.8, 4) is 0 Å². The number of rotatable bonds is 3. The zero-order valence-corrected chi connectivity index (χ0v) is 16.9. The Labute approximate surface area is 169 Å². The van der Waals surface area contributed by atoms with Gasteiger partial charge >= 0.3 is 12.2 Å². The number of amides is 2. The van der Waals surface area contributed by atoms with E-state index in [1.165, 1.54) is 17.8 Å². The van der Waals surface area contributed by atoms with Crippen LogP contribution in [0.1, 0.15) is 36.4 Å². The first-order valence-corrected chi connectivity index (χ1v) is 9.61. The van der Waals surface area contributed by atoms with Crippen LogP contribution in [0.15, 0.2) is 11.2 Å². The zero-order valence-electron chi connectivity index (χ0n) is 16.1. The molecular weight excluding hydrogens is 412 g/mol. The average molecular weight is 434 g/mol. The van der Waals surface area contributed by atoms with Gasteiger partial charge < -0.3 is 11.1 Å². The largest absolute Gasteiger partial charge is 0.433 e. The highest BCUT2D eigenvalue weighted by Gasteiger charge is 2.38. The molecule has 2 aromatic heterocycles. The van der Waals surface area contributed by atoms with E-state index in [9.17, 15) is 22.4 Å². The van der Waals surface area contributed by atoms with E-state index >= 15 is 0 Å². The normalized spacial score (nSPS) is 15.5. The molecule has 0 spiro atoms. The van der Waals surface area contributed by atoms with Gasteiger partial charge in [-0.1, -0.05) is 6.92 Å². The molecule has 1 aliphatic rings. The molecule has 1 aliphatic carbocycles. The molecule has 2 heterocycles. The first-order valence-electron chi connectivity index (χ1n) is 8.73. The molecule has 0 saturated carbocycles. The molecule has 5 N–H and O–H groups in total. The van der Waals surface area contributed by atoms with Crippen LogP contribution in [-0.4, -0.2) is 20.8 Å². The van der Waals surface area contributed by atoms with E-state index in [4.69, 9.17) is 10.9 Å². The number of aryl methyl sites for hydroxylation is 1. The Balaban J connectivity index is 0.000000253. The van der Waals surface area contributed by atoms with Crippen LogP contribution < -0.4 is 16.2 Å². The Kier molecular flexibility index (Phi) is 7.11. The molecule has 29 heavy (non-hydrogen) atoms. The number of anilines is 1. The van der Waals surface area contributed by atoms with Gasteiger partial charge in [0.1, 0.15) is 5.69 Å². The van der Waals surface area contributed by atoms with E-state index in [0.29, 0.717) is 30.6 Å². The third-order valence-electron chi connectivity index (χ3n) is 4.36. The second-order valence-electron chi connectivity index (χ2n) is 6.64. The molecule has 7 nitrogen and oxygen atoms in total. The molecule has 160 valence electrons. The van der Waals surface area contributed by atoms with Gasteiger partial charge in [-0.25, -0.2) is 14.2 Å². The van der Waals surface area contributed by atoms with Gasteiger partial charge in [-0.2, -0.15) is 18.3 Å². The standard InChI is InChI=1S/C12H14F3N3O.C5H8FN3S/c1-5-3-7-8(4-5)17-10(12(13,14)15)6(2)9(7)18-11(16)19;1-2-9-3-4(6)5(8-9)10-7/h5H,3-4H2,1-2H3,(H3,16,17,18,19);3H,2,7H2,1H3. The van der Waals surface area contributed by atoms with Crippen LogP contribution in [0.4, 0.5) is 28.0 Å². The molecule has 0 fully saturated rings. The van der Waals surface area contributed by atoms with Crippen molar-refractivity contribution < 1.29 is 22.4 Å². The van der Waals surface area contributed by atoms with Crippen molar-refractivity contribution in [1.29, 1.82) is 0 Å². The highest BCUT2D eigenvalue weighted by Crippen LogP contribution is 2.39. The SMILES string of the molecule is CCn1cc(F)c(SN)n1.Cc1c(C(F)(F)F)nc2c(c1NC(N)=O)CC(C)C2. The van der Waals surface area contributed by atoms with Gasteiger partial charge in [-0.3, -0.25) is 9.82 Å². The lowest BCUT2D eigenvalue weighted by atomic mass is 10.0. The molecule has 3 rings (SSSR count). The summed E-state index contributed by atoms with van der Waals surface area (Å²) in [6, 6.07) is -0.871. The summed E-state index contributed by atoms with van der Waals surface area (Å²) in [5.41, 5.74) is 5.21. The summed E-state index contributed by atoms with van der Waals surface area (Å²) in [7, 11) is 0. The van der Waals surface area contributed by atoms with Crippen LogP contribution in [0, 0.1) is 18.7 Å². The molecule has 0 radical (unpaired) electrons. The summed E-state index contributed by atoms with van der Waals surface area (Å²) < 4.78 is 52.9. The average Bonchev–Trinajstić information content (AvgIpc) is 3.18. The van der Waals surface area contributed by atoms with Crippen molar-refractivity contribution in [2.45, 2.75) is 51.4 Å². The number of nitrogens with one attached hydrogen (secondary N) is 1. The molecule has 2 aromatic rings. The van der Waals surface area contributed by atoms with Gasteiger partial charge in [0, 0.05) is 17.8 Å². The third kappa shape index (κ3) is 5.38. The maximum atomic E-state index is 12.9. The molecular formula is C17H22F4N6OS. The van der Waals surface area contributed by atoms with Gasteiger partial charge in [0.05, 0.1) is 11.9 Å². The number of aromatic nitrogens is 3. The zero-order chi connectivity index (χ0) is 21.9. The summed E-state index contributed by atoms with van der Waals surface area (Å²) in [4.78, 5) is 14.7. The number of hydrogen-bond donors (Lipinski definition) is 3. The van der Waals surface area contributed by atoms with Crippen molar-refractivity contribution in [3.05, 3.63) is 34.5 Å². The molecule has 0 bridgehead atoms. The number of primary amides is 1. The van der Waals surface area contributed by atoms with Crippen molar-refractivity contribution in [3.63, 3.8) is 0 Å². The topological polar surface area (TPSA) is 112 Å². The van der Waals surface area contributed by atoms with Crippen LogP contribution in [0.5, 0.6) is 0 Å². The lowest BCUT2D eigenvalue weighted by molar-refractivity contribution is -0.141. The van der Waals surface area contributed by atoms with Gasteiger partial charge in [-0.15, -0.1) is 0 Å². The summed E-state index contributed by atoms with van der Waals surface area (Å²) in [6.45, 7) is 5.78. The maximum Gasteiger partial charge on any atom is 0.433 e. The summed E-state index contributed by atoms with van der Waals surface area (Å²) in [5, 5.41) is 11.5. The molecule has 1 atom stereocenters. The smallest absolute Gasteiger partial charge is 0.351 e. The minimum Gasteiger partial charge on any atom is -0.351 e. The van der Waals surface area contributed by atoms with E-state index in [1.54, 1.807) is 0 Å². The van der Waals surface area contributed by atoms with Gasteiger partial charge in [0.25, 0.3) is 0 Å². The number of nitrogens with two attached hydrogens (primary N) is 2. The number of carbonyl (C=O) groups excluding carboxylic acids is 1. The highest BCUT2D eigenvalue weighted by atomic mass is 32.2. The first-order chi connectivity index (χ1) is 13.5. The van der Waals surface area contributed by atoms with Gasteiger partial charge in [0.2, 0.25) is 0 Å². The van der Waals surface area contributed by atoms with Crippen LogP contribution in [0.25, 0.3) is 0 Å². The number of nitrogens with zero attached hydrogens (tertiary/aromatic N) is 3. The number of urea groups is 1. The van der Waals surface area contributed by atoms with Crippen LogP contribution in [0.3, 0.4) is 0 Å². The number of halogens is 4. The van der Waals surface area contributed by atoms with Gasteiger partial charge in [0.15, 0.2) is 10.8 Å². The monoisotopic (exact) mass is 434 g/mol. The summed E-state index contributed by atoms with van der Waals surface area (Å²) in [5.74, 6) is -0.145. The Morgan fingerprint density at radius 1 is 1.41 bits per heavy atom. The van der Waals surface area contributed by atoms with E-state index in [1.807, 2.05) is 13.8 Å². The predicted molar refractivity (Wildman–Crippen MR) is 102 cm³/mol. The fourth-order valence-electron chi connectivity index (χ4n) is 3.10. The van der Waals surface area contributed by atoms with Crippen LogP contribution >= 0.6 is 11.9 Å². The summed E-state index contributed by atoms with van der Waals surface area (Å²) in [6.07, 6.45) is -2.14. The third-order valence-corrected chi connectivity index (χ3v) is 4.86. The van der Waals surface area contributed by atoms with Crippen molar-refractivity contribution in [1.82, 2.24) is 14.8 Å². The summed E-state index contributed by atoms with van der Waals surface area (Å²) >= 11 is 0.825. The predicted octanol–water partition coefficient (Wildman–Crippen LogP) is 3.64. The van der Waals surface area contributed by atoms with Crippen molar-refractivity contribution in [2.24, 2.45) is 16.8 Å². The van der Waals surface area contributed by atoms with Crippen LogP contribution in [0.2, 0.25) is 0 Å². The van der Waals surface area contributed by atoms with Crippen molar-refractivity contribution in [2.75, 3.05) is 5.32 Å².